The molecule has 0 unspecified atom stereocenters. The van der Waals surface area contributed by atoms with E-state index in [9.17, 15) is 13.6 Å². The number of carbonyl (C=O) groups excluding carboxylic acids is 1. The number of aliphatic imine (C=N–C) groups is 1. The Morgan fingerprint density at radius 3 is 2.58 bits per heavy atom. The normalized spacial score (nSPS) is 14.6. The molecule has 1 aliphatic rings. The number of ether oxygens (including phenoxy) is 2. The van der Waals surface area contributed by atoms with Gasteiger partial charge < -0.3 is 25.0 Å². The van der Waals surface area contributed by atoms with Crippen molar-refractivity contribution in [1.82, 2.24) is 15.5 Å². The molecule has 1 aliphatic carbocycles. The summed E-state index contributed by atoms with van der Waals surface area (Å²) in [5, 5.41) is 6.41. The molecule has 0 heterocycles. The Kier molecular flexibility index (Phi) is 12.5. The van der Waals surface area contributed by atoms with Gasteiger partial charge in [0, 0.05) is 25.7 Å². The summed E-state index contributed by atoms with van der Waals surface area (Å²) < 4.78 is 36.0. The van der Waals surface area contributed by atoms with Gasteiger partial charge in [0.1, 0.15) is 0 Å². The molecule has 1 amide bonds. The second kappa shape index (κ2) is 14.3. The summed E-state index contributed by atoms with van der Waals surface area (Å²) in [6, 6.07) is 5.24. The summed E-state index contributed by atoms with van der Waals surface area (Å²) in [6.45, 7) is -0.680. The van der Waals surface area contributed by atoms with E-state index in [4.69, 9.17) is 9.47 Å². The van der Waals surface area contributed by atoms with Gasteiger partial charge in [-0.3, -0.25) is 4.79 Å². The van der Waals surface area contributed by atoms with Gasteiger partial charge in [0.2, 0.25) is 5.91 Å². The zero-order valence-corrected chi connectivity index (χ0v) is 20.7. The minimum absolute atomic E-state index is 0. The number of carbonyl (C=O) groups is 1. The number of alkyl halides is 2. The van der Waals surface area contributed by atoms with E-state index in [1.807, 2.05) is 0 Å². The average molecular weight is 554 g/mol. The first-order chi connectivity index (χ1) is 14.4. The van der Waals surface area contributed by atoms with Crippen LogP contribution in [0.3, 0.4) is 0 Å². The quantitative estimate of drug-likeness (QED) is 0.276. The molecule has 1 aromatic carbocycles. The molecule has 0 radical (unpaired) electrons. The maximum absolute atomic E-state index is 12.9. The average Bonchev–Trinajstić information content (AvgIpc) is 2.72. The Labute approximate surface area is 200 Å². The zero-order valence-electron chi connectivity index (χ0n) is 18.3. The Balaban J connectivity index is 0.00000480. The SMILES string of the molecule is CCOc1cccc(CN=C(NCC(=O)N(C)C)NC2CCCCC2)c1OC(F)F.I. The fourth-order valence-corrected chi connectivity index (χ4v) is 3.25. The Morgan fingerprint density at radius 1 is 1.26 bits per heavy atom. The molecular weight excluding hydrogens is 521 g/mol. The Bertz CT molecular complexity index is 714. The van der Waals surface area contributed by atoms with Crippen molar-refractivity contribution in [2.45, 2.75) is 58.2 Å². The van der Waals surface area contributed by atoms with Crippen molar-refractivity contribution in [3.05, 3.63) is 23.8 Å². The lowest BCUT2D eigenvalue weighted by Gasteiger charge is -2.25. The van der Waals surface area contributed by atoms with Gasteiger partial charge in [0.05, 0.1) is 19.7 Å². The molecule has 2 rings (SSSR count). The number of hydrogen-bond acceptors (Lipinski definition) is 4. The zero-order chi connectivity index (χ0) is 21.9. The summed E-state index contributed by atoms with van der Waals surface area (Å²) >= 11 is 0. The van der Waals surface area contributed by atoms with E-state index in [0.717, 1.165) is 25.7 Å². The molecule has 0 aliphatic heterocycles. The first kappa shape index (κ1) is 27.2. The number of halogens is 3. The molecule has 0 atom stereocenters. The molecular formula is C21H33F2IN4O3. The lowest BCUT2D eigenvalue weighted by molar-refractivity contribution is -0.127. The van der Waals surface area contributed by atoms with Crippen molar-refractivity contribution in [2.24, 2.45) is 4.99 Å². The third-order valence-electron chi connectivity index (χ3n) is 4.83. The van der Waals surface area contributed by atoms with Gasteiger partial charge >= 0.3 is 6.61 Å². The first-order valence-electron chi connectivity index (χ1n) is 10.3. The topological polar surface area (TPSA) is 75.2 Å². The van der Waals surface area contributed by atoms with E-state index in [0.29, 0.717) is 18.1 Å². The van der Waals surface area contributed by atoms with Crippen molar-refractivity contribution in [3.8, 4) is 11.5 Å². The summed E-state index contributed by atoms with van der Waals surface area (Å²) in [7, 11) is 3.37. The van der Waals surface area contributed by atoms with Gasteiger partial charge in [-0.05, 0) is 25.8 Å². The summed E-state index contributed by atoms with van der Waals surface area (Å²) in [5.41, 5.74) is 0.477. The monoisotopic (exact) mass is 554 g/mol. The summed E-state index contributed by atoms with van der Waals surface area (Å²) in [4.78, 5) is 18.0. The second-order valence-electron chi connectivity index (χ2n) is 7.34. The lowest BCUT2D eigenvalue weighted by Crippen LogP contribution is -2.47. The highest BCUT2D eigenvalue weighted by molar-refractivity contribution is 14.0. The molecule has 7 nitrogen and oxygen atoms in total. The fraction of sp³-hybridized carbons (Fsp3) is 0.619. The Hall–Kier alpha value is -1.85. The van der Waals surface area contributed by atoms with E-state index in [2.05, 4.69) is 15.6 Å². The van der Waals surface area contributed by atoms with Crippen LogP contribution in [0.1, 0.15) is 44.6 Å². The van der Waals surface area contributed by atoms with E-state index in [1.54, 1.807) is 39.2 Å². The van der Waals surface area contributed by atoms with Crippen LogP contribution in [0.4, 0.5) is 8.78 Å². The van der Waals surface area contributed by atoms with Crippen LogP contribution >= 0.6 is 24.0 Å². The van der Waals surface area contributed by atoms with E-state index in [1.165, 1.54) is 11.3 Å². The van der Waals surface area contributed by atoms with Gasteiger partial charge in [-0.1, -0.05) is 31.4 Å². The molecule has 31 heavy (non-hydrogen) atoms. The standard InChI is InChI=1S/C21H32F2N4O3.HI/c1-4-29-17-12-8-9-15(19(17)30-20(22)23)13-24-21(25-14-18(28)27(2)3)26-16-10-6-5-7-11-16;/h8-9,12,16,20H,4-7,10-11,13-14H2,1-3H3,(H2,24,25,26);1H. The van der Waals surface area contributed by atoms with Crippen LogP contribution in [-0.4, -0.2) is 56.7 Å². The number of rotatable bonds is 9. The van der Waals surface area contributed by atoms with Gasteiger partial charge in [-0.25, -0.2) is 4.99 Å². The number of amides is 1. The minimum Gasteiger partial charge on any atom is -0.490 e. The molecule has 0 aromatic heterocycles. The maximum Gasteiger partial charge on any atom is 0.387 e. The highest BCUT2D eigenvalue weighted by Gasteiger charge is 2.18. The smallest absolute Gasteiger partial charge is 0.387 e. The number of para-hydroxylation sites is 1. The van der Waals surface area contributed by atoms with Crippen LogP contribution in [0.5, 0.6) is 11.5 Å². The Morgan fingerprint density at radius 2 is 1.97 bits per heavy atom. The molecule has 1 saturated carbocycles. The van der Waals surface area contributed by atoms with Gasteiger partial charge in [-0.15, -0.1) is 24.0 Å². The molecule has 176 valence electrons. The van der Waals surface area contributed by atoms with E-state index >= 15 is 0 Å². The van der Waals surface area contributed by atoms with Crippen molar-refractivity contribution < 1.29 is 23.0 Å². The van der Waals surface area contributed by atoms with Gasteiger partial charge in [0.25, 0.3) is 0 Å². The summed E-state index contributed by atoms with van der Waals surface area (Å²) in [5.74, 6) is 0.623. The second-order valence-corrected chi connectivity index (χ2v) is 7.34. The molecule has 2 N–H and O–H groups in total. The number of hydrogen-bond donors (Lipinski definition) is 2. The van der Waals surface area contributed by atoms with Crippen LogP contribution in [0.25, 0.3) is 0 Å². The van der Waals surface area contributed by atoms with Gasteiger partial charge in [-0.2, -0.15) is 8.78 Å². The number of likely N-dealkylation sites (N-methyl/N-ethyl adjacent to an activating group) is 1. The number of guanidine groups is 1. The molecule has 1 fully saturated rings. The highest BCUT2D eigenvalue weighted by Crippen LogP contribution is 2.33. The number of benzene rings is 1. The first-order valence-corrected chi connectivity index (χ1v) is 10.3. The molecule has 10 heteroatoms. The largest absolute Gasteiger partial charge is 0.490 e. The third kappa shape index (κ3) is 9.44. The summed E-state index contributed by atoms with van der Waals surface area (Å²) in [6.07, 6.45) is 5.56. The van der Waals surface area contributed by atoms with Gasteiger partial charge in [0.15, 0.2) is 17.5 Å². The maximum atomic E-state index is 12.9. The van der Waals surface area contributed by atoms with Crippen LogP contribution in [-0.2, 0) is 11.3 Å². The van der Waals surface area contributed by atoms with Crippen molar-refractivity contribution in [1.29, 1.82) is 0 Å². The molecule has 1 aromatic rings. The predicted octanol–water partition coefficient (Wildman–Crippen LogP) is 3.76. The third-order valence-corrected chi connectivity index (χ3v) is 4.83. The molecule has 0 spiro atoms. The van der Waals surface area contributed by atoms with Crippen LogP contribution < -0.4 is 20.1 Å². The minimum atomic E-state index is -2.97. The van der Waals surface area contributed by atoms with Crippen LogP contribution in [0.15, 0.2) is 23.2 Å². The van der Waals surface area contributed by atoms with E-state index in [-0.39, 0.29) is 60.5 Å². The van der Waals surface area contributed by atoms with Crippen molar-refractivity contribution >= 4 is 35.8 Å². The van der Waals surface area contributed by atoms with Crippen molar-refractivity contribution in [3.63, 3.8) is 0 Å². The van der Waals surface area contributed by atoms with Crippen LogP contribution in [0.2, 0.25) is 0 Å². The number of nitrogens with one attached hydrogen (secondary N) is 2. The lowest BCUT2D eigenvalue weighted by atomic mass is 9.96. The highest BCUT2D eigenvalue weighted by atomic mass is 127. The van der Waals surface area contributed by atoms with E-state index < -0.39 is 6.61 Å². The molecule has 0 saturated heterocycles. The number of nitrogens with zero attached hydrogens (tertiary/aromatic N) is 2. The molecule has 0 bridgehead atoms. The predicted molar refractivity (Wildman–Crippen MR) is 128 cm³/mol. The van der Waals surface area contributed by atoms with Crippen molar-refractivity contribution in [2.75, 3.05) is 27.2 Å². The fourth-order valence-electron chi connectivity index (χ4n) is 3.25. The van der Waals surface area contributed by atoms with Crippen LogP contribution in [0, 0.1) is 0 Å².